The topological polar surface area (TPSA) is 39.2 Å². The first-order valence-electron chi connectivity index (χ1n) is 4.59. The van der Waals surface area contributed by atoms with E-state index >= 15 is 0 Å². The fourth-order valence-corrected chi connectivity index (χ4v) is 1.67. The Morgan fingerprint density at radius 3 is 2.87 bits per heavy atom. The summed E-state index contributed by atoms with van der Waals surface area (Å²) in [6.07, 6.45) is 2.24. The van der Waals surface area contributed by atoms with Crippen LogP contribution in [0.3, 0.4) is 0 Å². The number of pyridine rings is 1. The molecule has 0 radical (unpaired) electrons. The first kappa shape index (κ1) is 12.3. The molecule has 0 aromatic carbocycles. The monoisotopic (exact) mass is 247 g/mol. The molecule has 0 saturated heterocycles. The molecule has 0 atom stereocenters. The number of hydrogen-bond acceptors (Lipinski definition) is 3. The minimum Gasteiger partial charge on any atom is -0.466 e. The summed E-state index contributed by atoms with van der Waals surface area (Å²) in [6, 6.07) is 1.65. The molecular formula is C10H11Cl2NO2. The van der Waals surface area contributed by atoms with Gasteiger partial charge in [-0.05, 0) is 19.4 Å². The van der Waals surface area contributed by atoms with Gasteiger partial charge in [-0.25, -0.2) is 4.98 Å². The van der Waals surface area contributed by atoms with E-state index in [9.17, 15) is 4.79 Å². The van der Waals surface area contributed by atoms with Gasteiger partial charge < -0.3 is 4.74 Å². The van der Waals surface area contributed by atoms with Crippen LogP contribution in [0.15, 0.2) is 12.3 Å². The molecule has 82 valence electrons. The Balaban J connectivity index is 2.61. The van der Waals surface area contributed by atoms with Gasteiger partial charge in [0.05, 0.1) is 6.61 Å². The lowest BCUT2D eigenvalue weighted by Crippen LogP contribution is -2.05. The predicted molar refractivity (Wildman–Crippen MR) is 59.2 cm³/mol. The SMILES string of the molecule is CCOC(=O)CCc1c(Cl)ccnc1Cl. The summed E-state index contributed by atoms with van der Waals surface area (Å²) in [5, 5.41) is 0.867. The molecule has 1 heterocycles. The third-order valence-electron chi connectivity index (χ3n) is 1.83. The Morgan fingerprint density at radius 1 is 1.53 bits per heavy atom. The second kappa shape index (κ2) is 5.93. The van der Waals surface area contributed by atoms with E-state index in [1.807, 2.05) is 0 Å². The van der Waals surface area contributed by atoms with Crippen molar-refractivity contribution in [1.82, 2.24) is 4.98 Å². The van der Waals surface area contributed by atoms with Crippen LogP contribution in [0.1, 0.15) is 18.9 Å². The maximum Gasteiger partial charge on any atom is 0.306 e. The molecule has 15 heavy (non-hydrogen) atoms. The number of esters is 1. The number of halogens is 2. The minimum atomic E-state index is -0.256. The molecule has 1 aromatic rings. The third-order valence-corrected chi connectivity index (χ3v) is 2.51. The van der Waals surface area contributed by atoms with Gasteiger partial charge in [-0.1, -0.05) is 23.2 Å². The quantitative estimate of drug-likeness (QED) is 0.607. The Kier molecular flexibility index (Phi) is 4.85. The average Bonchev–Trinajstić information content (AvgIpc) is 2.17. The zero-order chi connectivity index (χ0) is 11.3. The first-order chi connectivity index (χ1) is 7.15. The van der Waals surface area contributed by atoms with Crippen molar-refractivity contribution in [2.45, 2.75) is 19.8 Å². The smallest absolute Gasteiger partial charge is 0.306 e. The van der Waals surface area contributed by atoms with Crippen LogP contribution in [-0.4, -0.2) is 17.6 Å². The van der Waals surface area contributed by atoms with Gasteiger partial charge in [0.15, 0.2) is 0 Å². The second-order valence-electron chi connectivity index (χ2n) is 2.87. The van der Waals surface area contributed by atoms with Crippen molar-refractivity contribution in [3.05, 3.63) is 28.0 Å². The van der Waals surface area contributed by atoms with Crippen molar-refractivity contribution in [3.63, 3.8) is 0 Å². The van der Waals surface area contributed by atoms with Gasteiger partial charge in [0, 0.05) is 23.2 Å². The lowest BCUT2D eigenvalue weighted by Gasteiger charge is -2.05. The summed E-state index contributed by atoms with van der Waals surface area (Å²) in [5.41, 5.74) is 0.689. The Morgan fingerprint density at radius 2 is 2.27 bits per heavy atom. The van der Waals surface area contributed by atoms with Gasteiger partial charge in [-0.2, -0.15) is 0 Å². The number of carbonyl (C=O) groups excluding carboxylic acids is 1. The van der Waals surface area contributed by atoms with Crippen LogP contribution in [0.25, 0.3) is 0 Å². The fourth-order valence-electron chi connectivity index (χ4n) is 1.13. The van der Waals surface area contributed by atoms with Gasteiger partial charge in [0.2, 0.25) is 0 Å². The second-order valence-corrected chi connectivity index (χ2v) is 3.63. The Bertz CT molecular complexity index is 335. The molecule has 0 N–H and O–H groups in total. The van der Waals surface area contributed by atoms with Crippen LogP contribution < -0.4 is 0 Å². The molecule has 0 amide bonds. The highest BCUT2D eigenvalue weighted by Gasteiger charge is 2.09. The van der Waals surface area contributed by atoms with Crippen LogP contribution in [0.2, 0.25) is 10.2 Å². The molecule has 0 spiro atoms. The standard InChI is InChI=1S/C10H11Cl2NO2/c1-2-15-9(14)4-3-7-8(11)5-6-13-10(7)12/h5-6H,2-4H2,1H3. The number of nitrogens with zero attached hydrogens (tertiary/aromatic N) is 1. The number of aromatic nitrogens is 1. The highest BCUT2D eigenvalue weighted by molar-refractivity contribution is 6.35. The van der Waals surface area contributed by atoms with Crippen molar-refractivity contribution < 1.29 is 9.53 Å². The predicted octanol–water partition coefficient (Wildman–Crippen LogP) is 2.88. The van der Waals surface area contributed by atoms with Gasteiger partial charge in [0.1, 0.15) is 5.15 Å². The Labute approximate surface area is 98.4 Å². The van der Waals surface area contributed by atoms with Gasteiger partial charge in [-0.15, -0.1) is 0 Å². The minimum absolute atomic E-state index is 0.256. The van der Waals surface area contributed by atoms with Crippen LogP contribution in [0.4, 0.5) is 0 Å². The highest BCUT2D eigenvalue weighted by atomic mass is 35.5. The molecular weight excluding hydrogens is 237 g/mol. The molecule has 0 aliphatic rings. The van der Waals surface area contributed by atoms with E-state index < -0.39 is 0 Å². The van der Waals surface area contributed by atoms with Crippen molar-refractivity contribution in [2.75, 3.05) is 6.61 Å². The average molecular weight is 248 g/mol. The van der Waals surface area contributed by atoms with Crippen LogP contribution in [0.5, 0.6) is 0 Å². The number of rotatable bonds is 4. The van der Waals surface area contributed by atoms with Crippen molar-refractivity contribution in [1.29, 1.82) is 0 Å². The van der Waals surface area contributed by atoms with Crippen molar-refractivity contribution in [2.24, 2.45) is 0 Å². The lowest BCUT2D eigenvalue weighted by molar-refractivity contribution is -0.143. The van der Waals surface area contributed by atoms with Gasteiger partial charge in [-0.3, -0.25) is 4.79 Å². The van der Waals surface area contributed by atoms with Crippen molar-refractivity contribution >= 4 is 29.2 Å². The summed E-state index contributed by atoms with van der Waals surface area (Å²) >= 11 is 11.8. The van der Waals surface area contributed by atoms with E-state index in [1.165, 1.54) is 6.20 Å². The summed E-state index contributed by atoms with van der Waals surface area (Å²) < 4.78 is 4.80. The summed E-state index contributed by atoms with van der Waals surface area (Å²) in [6.45, 7) is 2.15. The van der Waals surface area contributed by atoms with Gasteiger partial charge in [0.25, 0.3) is 0 Å². The van der Waals surface area contributed by atoms with Crippen molar-refractivity contribution in [3.8, 4) is 0 Å². The first-order valence-corrected chi connectivity index (χ1v) is 5.35. The third kappa shape index (κ3) is 3.68. The molecule has 1 aromatic heterocycles. The maximum absolute atomic E-state index is 11.1. The molecule has 0 aliphatic carbocycles. The zero-order valence-corrected chi connectivity index (χ0v) is 9.81. The van der Waals surface area contributed by atoms with Crippen LogP contribution >= 0.6 is 23.2 Å². The summed E-state index contributed by atoms with van der Waals surface area (Å²) in [7, 11) is 0. The number of carbonyl (C=O) groups is 1. The van der Waals surface area contributed by atoms with E-state index in [1.54, 1.807) is 13.0 Å². The molecule has 0 aliphatic heterocycles. The van der Waals surface area contributed by atoms with Crippen LogP contribution in [-0.2, 0) is 16.0 Å². The highest BCUT2D eigenvalue weighted by Crippen LogP contribution is 2.23. The van der Waals surface area contributed by atoms with E-state index in [2.05, 4.69) is 4.98 Å². The van der Waals surface area contributed by atoms with Crippen LogP contribution in [0, 0.1) is 0 Å². The molecule has 0 bridgehead atoms. The molecule has 3 nitrogen and oxygen atoms in total. The number of ether oxygens (including phenoxy) is 1. The van der Waals surface area contributed by atoms with E-state index in [0.29, 0.717) is 28.8 Å². The molecule has 0 fully saturated rings. The lowest BCUT2D eigenvalue weighted by atomic mass is 10.1. The summed E-state index contributed by atoms with van der Waals surface area (Å²) in [4.78, 5) is 15.0. The molecule has 5 heteroatoms. The maximum atomic E-state index is 11.1. The fraction of sp³-hybridized carbons (Fsp3) is 0.400. The Hall–Kier alpha value is -0.800. The summed E-state index contributed by atoms with van der Waals surface area (Å²) in [5.74, 6) is -0.256. The largest absolute Gasteiger partial charge is 0.466 e. The normalized spacial score (nSPS) is 10.1. The molecule has 1 rings (SSSR count). The van der Waals surface area contributed by atoms with E-state index in [4.69, 9.17) is 27.9 Å². The molecule has 0 unspecified atom stereocenters. The van der Waals surface area contributed by atoms with Gasteiger partial charge >= 0.3 is 5.97 Å². The van der Waals surface area contributed by atoms with E-state index in [0.717, 1.165) is 0 Å². The van der Waals surface area contributed by atoms with E-state index in [-0.39, 0.29) is 12.4 Å². The zero-order valence-electron chi connectivity index (χ0n) is 8.30. The molecule has 0 saturated carbocycles. The number of hydrogen-bond donors (Lipinski definition) is 0.